The highest BCUT2D eigenvalue weighted by atomic mass is 32.1. The summed E-state index contributed by atoms with van der Waals surface area (Å²) in [4.78, 5) is 13.7. The van der Waals surface area contributed by atoms with E-state index in [2.05, 4.69) is 59.4 Å². The fourth-order valence-corrected chi connectivity index (χ4v) is 4.63. The molecule has 0 radical (unpaired) electrons. The molecule has 4 nitrogen and oxygen atoms in total. The summed E-state index contributed by atoms with van der Waals surface area (Å²) in [7, 11) is 4.14. The van der Waals surface area contributed by atoms with Gasteiger partial charge in [-0.1, -0.05) is 6.07 Å². The van der Waals surface area contributed by atoms with Gasteiger partial charge in [-0.2, -0.15) is 0 Å². The van der Waals surface area contributed by atoms with Gasteiger partial charge in [0.25, 0.3) is 0 Å². The van der Waals surface area contributed by atoms with Gasteiger partial charge in [-0.25, -0.2) is 9.97 Å². The Bertz CT molecular complexity index is 898. The van der Waals surface area contributed by atoms with Crippen molar-refractivity contribution in [3.05, 3.63) is 46.1 Å². The Hall–Kier alpha value is -2.14. The first-order valence-corrected chi connectivity index (χ1v) is 9.21. The standard InChI is InChI=1S/C19H22N4S/c1-12-9-14(23(2)3)8-7-13(12)10-20-18-17-15-5-4-6-16(15)24-19(17)22-11-21-18/h7-9,11H,4-6,10H2,1-3H3,(H,20,21,22). The average molecular weight is 338 g/mol. The lowest BCUT2D eigenvalue weighted by Gasteiger charge is -2.15. The minimum absolute atomic E-state index is 0.788. The van der Waals surface area contributed by atoms with E-state index in [1.54, 1.807) is 6.33 Å². The zero-order valence-electron chi connectivity index (χ0n) is 14.4. The molecule has 0 saturated carbocycles. The van der Waals surface area contributed by atoms with Crippen molar-refractivity contribution in [3.8, 4) is 0 Å². The van der Waals surface area contributed by atoms with E-state index in [0.717, 1.165) is 23.6 Å². The van der Waals surface area contributed by atoms with Gasteiger partial charge in [-0.3, -0.25) is 0 Å². The van der Waals surface area contributed by atoms with Gasteiger partial charge in [0.2, 0.25) is 0 Å². The normalized spacial score (nSPS) is 13.3. The summed E-state index contributed by atoms with van der Waals surface area (Å²) in [5, 5.41) is 4.80. The summed E-state index contributed by atoms with van der Waals surface area (Å²) in [6.07, 6.45) is 5.30. The fourth-order valence-electron chi connectivity index (χ4n) is 3.40. The second-order valence-corrected chi connectivity index (χ2v) is 7.70. The molecule has 0 saturated heterocycles. The van der Waals surface area contributed by atoms with Crippen molar-refractivity contribution in [2.75, 3.05) is 24.3 Å². The third-order valence-electron chi connectivity index (χ3n) is 4.79. The Morgan fingerprint density at radius 1 is 1.21 bits per heavy atom. The molecule has 0 atom stereocenters. The zero-order chi connectivity index (χ0) is 16.7. The van der Waals surface area contributed by atoms with Crippen molar-refractivity contribution < 1.29 is 0 Å². The van der Waals surface area contributed by atoms with Crippen LogP contribution in [0.1, 0.15) is 28.0 Å². The van der Waals surface area contributed by atoms with Crippen LogP contribution in [0.4, 0.5) is 11.5 Å². The van der Waals surface area contributed by atoms with E-state index in [0.29, 0.717) is 0 Å². The number of hydrogen-bond acceptors (Lipinski definition) is 5. The van der Waals surface area contributed by atoms with Crippen LogP contribution in [-0.2, 0) is 19.4 Å². The van der Waals surface area contributed by atoms with Crippen LogP contribution in [0.15, 0.2) is 24.5 Å². The lowest BCUT2D eigenvalue weighted by molar-refractivity contribution is 0.917. The van der Waals surface area contributed by atoms with E-state index in [1.165, 1.54) is 45.5 Å². The van der Waals surface area contributed by atoms with Crippen LogP contribution in [0.2, 0.25) is 0 Å². The molecule has 1 aliphatic rings. The number of hydrogen-bond donors (Lipinski definition) is 1. The number of benzene rings is 1. The summed E-state index contributed by atoms with van der Waals surface area (Å²) in [6, 6.07) is 6.60. The van der Waals surface area contributed by atoms with Crippen molar-refractivity contribution in [2.24, 2.45) is 0 Å². The minimum Gasteiger partial charge on any atom is -0.378 e. The van der Waals surface area contributed by atoms with Crippen molar-refractivity contribution in [3.63, 3.8) is 0 Å². The van der Waals surface area contributed by atoms with Crippen LogP contribution in [0, 0.1) is 6.92 Å². The fraction of sp³-hybridized carbons (Fsp3) is 0.368. The Morgan fingerprint density at radius 2 is 2.08 bits per heavy atom. The number of nitrogens with one attached hydrogen (secondary N) is 1. The van der Waals surface area contributed by atoms with Gasteiger partial charge >= 0.3 is 0 Å². The van der Waals surface area contributed by atoms with Gasteiger partial charge in [0.05, 0.1) is 5.39 Å². The van der Waals surface area contributed by atoms with Gasteiger partial charge in [-0.15, -0.1) is 11.3 Å². The Kier molecular flexibility index (Phi) is 3.88. The van der Waals surface area contributed by atoms with Crippen LogP contribution in [0.3, 0.4) is 0 Å². The molecular weight excluding hydrogens is 316 g/mol. The maximum absolute atomic E-state index is 4.52. The monoisotopic (exact) mass is 338 g/mol. The van der Waals surface area contributed by atoms with Crippen molar-refractivity contribution >= 4 is 33.1 Å². The molecule has 0 amide bonds. The van der Waals surface area contributed by atoms with E-state index in [-0.39, 0.29) is 0 Å². The third kappa shape index (κ3) is 2.63. The average Bonchev–Trinajstić information content (AvgIpc) is 3.14. The number of rotatable bonds is 4. The van der Waals surface area contributed by atoms with E-state index in [4.69, 9.17) is 0 Å². The molecule has 4 rings (SSSR count). The Balaban J connectivity index is 1.62. The molecule has 0 aliphatic heterocycles. The highest BCUT2D eigenvalue weighted by Crippen LogP contribution is 2.39. The molecule has 0 bridgehead atoms. The number of nitrogens with zero attached hydrogens (tertiary/aromatic N) is 3. The third-order valence-corrected chi connectivity index (χ3v) is 5.99. The maximum atomic E-state index is 4.52. The van der Waals surface area contributed by atoms with Gasteiger partial charge in [0.15, 0.2) is 0 Å². The molecule has 1 aliphatic carbocycles. The predicted molar refractivity (Wildman–Crippen MR) is 102 cm³/mol. The largest absolute Gasteiger partial charge is 0.378 e. The molecule has 1 N–H and O–H groups in total. The summed E-state index contributed by atoms with van der Waals surface area (Å²) in [5.41, 5.74) is 5.31. The molecule has 3 aromatic rings. The van der Waals surface area contributed by atoms with Crippen molar-refractivity contribution in [2.45, 2.75) is 32.7 Å². The smallest absolute Gasteiger partial charge is 0.138 e. The molecule has 2 aromatic heterocycles. The quantitative estimate of drug-likeness (QED) is 0.775. The lowest BCUT2D eigenvalue weighted by atomic mass is 10.1. The number of anilines is 2. The Labute approximate surface area is 146 Å². The first-order chi connectivity index (χ1) is 11.6. The van der Waals surface area contributed by atoms with Gasteiger partial charge in [0.1, 0.15) is 17.0 Å². The molecule has 0 unspecified atom stereocenters. The van der Waals surface area contributed by atoms with Crippen LogP contribution >= 0.6 is 11.3 Å². The van der Waals surface area contributed by atoms with E-state index in [9.17, 15) is 0 Å². The summed E-state index contributed by atoms with van der Waals surface area (Å²) in [5.74, 6) is 0.982. The molecular formula is C19H22N4S. The summed E-state index contributed by atoms with van der Waals surface area (Å²) in [6.45, 7) is 2.96. The van der Waals surface area contributed by atoms with Crippen LogP contribution in [0.25, 0.3) is 10.2 Å². The summed E-state index contributed by atoms with van der Waals surface area (Å²) >= 11 is 1.83. The van der Waals surface area contributed by atoms with Crippen molar-refractivity contribution in [1.82, 2.24) is 9.97 Å². The number of aryl methyl sites for hydroxylation is 3. The Morgan fingerprint density at radius 3 is 2.88 bits per heavy atom. The minimum atomic E-state index is 0.788. The molecule has 24 heavy (non-hydrogen) atoms. The molecule has 2 heterocycles. The second kappa shape index (κ2) is 6.06. The van der Waals surface area contributed by atoms with E-state index < -0.39 is 0 Å². The number of fused-ring (bicyclic) bond motifs is 3. The van der Waals surface area contributed by atoms with E-state index >= 15 is 0 Å². The topological polar surface area (TPSA) is 41.0 Å². The zero-order valence-corrected chi connectivity index (χ0v) is 15.2. The van der Waals surface area contributed by atoms with Crippen LogP contribution < -0.4 is 10.2 Å². The van der Waals surface area contributed by atoms with E-state index in [1.807, 2.05) is 11.3 Å². The lowest BCUT2D eigenvalue weighted by Crippen LogP contribution is -2.10. The molecule has 5 heteroatoms. The highest BCUT2D eigenvalue weighted by Gasteiger charge is 2.21. The van der Waals surface area contributed by atoms with Crippen molar-refractivity contribution in [1.29, 1.82) is 0 Å². The van der Waals surface area contributed by atoms with Gasteiger partial charge in [-0.05, 0) is 55.0 Å². The number of aromatic nitrogens is 2. The first-order valence-electron chi connectivity index (χ1n) is 8.39. The van der Waals surface area contributed by atoms with Gasteiger partial charge in [0, 0.05) is 31.2 Å². The SMILES string of the molecule is Cc1cc(N(C)C)ccc1CNc1ncnc2sc3c(c12)CCC3. The highest BCUT2D eigenvalue weighted by molar-refractivity contribution is 7.19. The molecule has 124 valence electrons. The van der Waals surface area contributed by atoms with Crippen LogP contribution in [-0.4, -0.2) is 24.1 Å². The molecule has 1 aromatic carbocycles. The van der Waals surface area contributed by atoms with Crippen LogP contribution in [0.5, 0.6) is 0 Å². The van der Waals surface area contributed by atoms with Gasteiger partial charge < -0.3 is 10.2 Å². The molecule has 0 spiro atoms. The second-order valence-electron chi connectivity index (χ2n) is 6.62. The number of thiophene rings is 1. The summed E-state index contributed by atoms with van der Waals surface area (Å²) < 4.78 is 0. The first kappa shape index (κ1) is 15.4. The maximum Gasteiger partial charge on any atom is 0.138 e. The molecule has 0 fully saturated rings. The predicted octanol–water partition coefficient (Wildman–Crippen LogP) is 4.17.